The molecule has 0 aliphatic carbocycles. The van der Waals surface area contributed by atoms with Gasteiger partial charge in [0.1, 0.15) is 36.8 Å². The normalized spacial score (nSPS) is 21.1. The highest BCUT2D eigenvalue weighted by atomic mass is 16.6. The number of carbonyl (C=O) groups excluding carboxylic acids is 3. The van der Waals surface area contributed by atoms with Gasteiger partial charge >= 0.3 is 11.8 Å². The highest BCUT2D eigenvalue weighted by Crippen LogP contribution is 2.28. The standard InChI is InChI=1S/C25H33N5O9/c1-15(32)26-11-6-5-9-17(27-25(37)38-14-16-7-3-2-4-8-16)22(35)28-19-10-12-30(24(36)29-19)23-21(34)20(33)18(13-31)39-23/h2-4,7-8,10,12,17-18,20-21,23,31,33-34H,5-6,9,11,13-14H2,1H3,(H,26,32)(H,27,37)(H,28,29,35,36)/t17?,18-,20?,21-,23-/m1/s1. The van der Waals surface area contributed by atoms with Crippen LogP contribution in [-0.4, -0.2) is 80.3 Å². The van der Waals surface area contributed by atoms with Gasteiger partial charge in [0.05, 0.1) is 6.61 Å². The smallest absolute Gasteiger partial charge is 0.408 e. The fraction of sp³-hybridized carbons (Fsp3) is 0.480. The fourth-order valence-electron chi connectivity index (χ4n) is 3.91. The van der Waals surface area contributed by atoms with Crippen LogP contribution in [0.4, 0.5) is 10.6 Å². The van der Waals surface area contributed by atoms with Gasteiger partial charge in [-0.25, -0.2) is 9.59 Å². The Morgan fingerprint density at radius 2 is 1.87 bits per heavy atom. The number of nitrogens with one attached hydrogen (secondary N) is 3. The molecule has 1 aliphatic heterocycles. The van der Waals surface area contributed by atoms with Crippen LogP contribution in [0.1, 0.15) is 38.0 Å². The SMILES string of the molecule is CC(=O)NCCCCC(NC(=O)OCc1ccccc1)C(=O)Nc1ccn([C@@H]2O[C@H](CO)C(O)[C@H]2O)c(=O)n1. The van der Waals surface area contributed by atoms with Gasteiger partial charge in [-0.1, -0.05) is 30.3 Å². The summed E-state index contributed by atoms with van der Waals surface area (Å²) >= 11 is 0. The van der Waals surface area contributed by atoms with E-state index in [0.29, 0.717) is 19.4 Å². The Bertz CT molecular complexity index is 1180. The molecule has 0 radical (unpaired) electrons. The summed E-state index contributed by atoms with van der Waals surface area (Å²) < 4.78 is 11.5. The number of aromatic nitrogens is 2. The number of nitrogens with zero attached hydrogens (tertiary/aromatic N) is 2. The molecule has 6 N–H and O–H groups in total. The zero-order chi connectivity index (χ0) is 28.4. The number of unbranched alkanes of at least 4 members (excludes halogenated alkanes) is 1. The second-order valence-corrected chi connectivity index (χ2v) is 8.96. The van der Waals surface area contributed by atoms with Crippen LogP contribution in [0.5, 0.6) is 0 Å². The van der Waals surface area contributed by atoms with Crippen LogP contribution in [0.3, 0.4) is 0 Å². The van der Waals surface area contributed by atoms with E-state index in [-0.39, 0.29) is 24.8 Å². The van der Waals surface area contributed by atoms with E-state index in [1.54, 1.807) is 24.3 Å². The molecule has 1 fully saturated rings. The van der Waals surface area contributed by atoms with Gasteiger partial charge in [0.15, 0.2) is 6.23 Å². The van der Waals surface area contributed by atoms with Gasteiger partial charge in [-0.05, 0) is 30.9 Å². The number of hydrogen-bond acceptors (Lipinski definition) is 10. The molecule has 1 aromatic heterocycles. The lowest BCUT2D eigenvalue weighted by Gasteiger charge is -2.19. The van der Waals surface area contributed by atoms with Crippen LogP contribution >= 0.6 is 0 Å². The molecule has 1 saturated heterocycles. The number of rotatable bonds is 12. The number of benzene rings is 1. The summed E-state index contributed by atoms with van der Waals surface area (Å²) in [5.74, 6) is -0.941. The molecular weight excluding hydrogens is 514 g/mol. The predicted octanol–water partition coefficient (Wildman–Crippen LogP) is -0.605. The summed E-state index contributed by atoms with van der Waals surface area (Å²) in [4.78, 5) is 52.8. The van der Waals surface area contributed by atoms with Crippen molar-refractivity contribution in [2.24, 2.45) is 0 Å². The van der Waals surface area contributed by atoms with Gasteiger partial charge in [-0.2, -0.15) is 4.98 Å². The van der Waals surface area contributed by atoms with E-state index in [9.17, 15) is 34.5 Å². The number of aliphatic hydroxyl groups is 3. The number of amides is 3. The summed E-state index contributed by atoms with van der Waals surface area (Å²) in [6, 6.07) is 9.26. The molecule has 2 aromatic rings. The van der Waals surface area contributed by atoms with Crippen molar-refractivity contribution in [2.45, 2.75) is 63.4 Å². The number of hydrogen-bond donors (Lipinski definition) is 6. The minimum absolute atomic E-state index is 0.00422. The molecule has 0 bridgehead atoms. The minimum Gasteiger partial charge on any atom is -0.445 e. The van der Waals surface area contributed by atoms with Crippen LogP contribution in [0.2, 0.25) is 0 Å². The van der Waals surface area contributed by atoms with Gasteiger partial charge < -0.3 is 40.7 Å². The van der Waals surface area contributed by atoms with Crippen molar-refractivity contribution in [3.63, 3.8) is 0 Å². The Morgan fingerprint density at radius 1 is 1.13 bits per heavy atom. The predicted molar refractivity (Wildman–Crippen MR) is 136 cm³/mol. The summed E-state index contributed by atoms with van der Waals surface area (Å²) in [5.41, 5.74) is -0.118. The highest BCUT2D eigenvalue weighted by Gasteiger charge is 2.43. The van der Waals surface area contributed by atoms with E-state index in [1.165, 1.54) is 19.2 Å². The van der Waals surface area contributed by atoms with E-state index in [2.05, 4.69) is 20.9 Å². The zero-order valence-electron chi connectivity index (χ0n) is 21.4. The summed E-state index contributed by atoms with van der Waals surface area (Å²) in [7, 11) is 0. The molecule has 212 valence electrons. The lowest BCUT2D eigenvalue weighted by molar-refractivity contribution is -0.119. The van der Waals surface area contributed by atoms with Crippen LogP contribution in [0, 0.1) is 0 Å². The van der Waals surface area contributed by atoms with E-state index in [0.717, 1.165) is 10.1 Å². The number of carbonyl (C=O) groups is 3. The molecule has 0 saturated carbocycles. The fourth-order valence-corrected chi connectivity index (χ4v) is 3.91. The molecule has 1 aliphatic rings. The summed E-state index contributed by atoms with van der Waals surface area (Å²) in [6.45, 7) is 1.25. The molecular formula is C25H33N5O9. The summed E-state index contributed by atoms with van der Waals surface area (Å²) in [6.07, 6.45) is -3.56. The Morgan fingerprint density at radius 3 is 2.51 bits per heavy atom. The number of ether oxygens (including phenoxy) is 2. The Labute approximate surface area is 224 Å². The first-order chi connectivity index (χ1) is 18.7. The van der Waals surface area contributed by atoms with Crippen molar-refractivity contribution in [1.29, 1.82) is 0 Å². The quantitative estimate of drug-likeness (QED) is 0.186. The lowest BCUT2D eigenvalue weighted by Crippen LogP contribution is -2.44. The van der Waals surface area contributed by atoms with Crippen LogP contribution in [0.15, 0.2) is 47.4 Å². The first-order valence-electron chi connectivity index (χ1n) is 12.4. The topological polar surface area (TPSA) is 201 Å². The van der Waals surface area contributed by atoms with Crippen molar-refractivity contribution in [2.75, 3.05) is 18.5 Å². The first kappa shape index (κ1) is 29.7. The maximum Gasteiger partial charge on any atom is 0.408 e. The Kier molecular flexibility index (Phi) is 10.9. The Balaban J connectivity index is 1.64. The van der Waals surface area contributed by atoms with Gasteiger partial charge in [0.25, 0.3) is 0 Å². The van der Waals surface area contributed by atoms with Crippen molar-refractivity contribution in [3.05, 3.63) is 58.6 Å². The van der Waals surface area contributed by atoms with Crippen molar-refractivity contribution >= 4 is 23.7 Å². The van der Waals surface area contributed by atoms with Gasteiger partial charge in [-0.3, -0.25) is 14.2 Å². The first-order valence-corrected chi connectivity index (χ1v) is 12.4. The Hall–Kier alpha value is -3.85. The van der Waals surface area contributed by atoms with Gasteiger partial charge in [-0.15, -0.1) is 0 Å². The third kappa shape index (κ3) is 8.58. The second kappa shape index (κ2) is 14.3. The molecule has 39 heavy (non-hydrogen) atoms. The van der Waals surface area contributed by atoms with E-state index in [1.807, 2.05) is 6.07 Å². The minimum atomic E-state index is -1.48. The average molecular weight is 548 g/mol. The maximum atomic E-state index is 13.0. The van der Waals surface area contributed by atoms with Gasteiger partial charge in [0.2, 0.25) is 11.8 Å². The number of anilines is 1. The van der Waals surface area contributed by atoms with Crippen LogP contribution < -0.4 is 21.6 Å². The monoisotopic (exact) mass is 547 g/mol. The third-order valence-corrected chi connectivity index (χ3v) is 5.99. The third-order valence-electron chi connectivity index (χ3n) is 5.99. The maximum absolute atomic E-state index is 13.0. The van der Waals surface area contributed by atoms with Crippen molar-refractivity contribution in [1.82, 2.24) is 20.2 Å². The highest BCUT2D eigenvalue weighted by molar-refractivity contribution is 5.95. The van der Waals surface area contributed by atoms with Gasteiger partial charge in [0, 0.05) is 19.7 Å². The summed E-state index contributed by atoms with van der Waals surface area (Å²) in [5, 5.41) is 37.0. The zero-order valence-corrected chi connectivity index (χ0v) is 21.4. The molecule has 2 unspecified atom stereocenters. The number of aliphatic hydroxyl groups excluding tert-OH is 3. The van der Waals surface area contributed by atoms with Crippen molar-refractivity contribution in [3.8, 4) is 0 Å². The van der Waals surface area contributed by atoms with E-state index >= 15 is 0 Å². The van der Waals surface area contributed by atoms with Crippen LogP contribution in [-0.2, 0) is 25.7 Å². The molecule has 3 amide bonds. The molecule has 3 rings (SSSR count). The second-order valence-electron chi connectivity index (χ2n) is 8.96. The molecule has 2 heterocycles. The van der Waals surface area contributed by atoms with E-state index in [4.69, 9.17) is 9.47 Å². The molecule has 14 heteroatoms. The van der Waals surface area contributed by atoms with Crippen molar-refractivity contribution < 1.29 is 39.2 Å². The molecule has 0 spiro atoms. The lowest BCUT2D eigenvalue weighted by atomic mass is 10.1. The van der Waals surface area contributed by atoms with Crippen LogP contribution in [0.25, 0.3) is 0 Å². The molecule has 1 aromatic carbocycles. The van der Waals surface area contributed by atoms with E-state index < -0.39 is 54.9 Å². The number of alkyl carbamates (subject to hydrolysis) is 1. The molecule has 14 nitrogen and oxygen atoms in total. The molecule has 5 atom stereocenters. The average Bonchev–Trinajstić information content (AvgIpc) is 3.20. The largest absolute Gasteiger partial charge is 0.445 e.